The Kier molecular flexibility index (Phi) is 7.33. The lowest BCUT2D eigenvalue weighted by Crippen LogP contribution is -2.42. The van der Waals surface area contributed by atoms with Gasteiger partial charge in [-0.3, -0.25) is 4.79 Å². The van der Waals surface area contributed by atoms with E-state index in [1.165, 1.54) is 6.07 Å². The van der Waals surface area contributed by atoms with Crippen LogP contribution < -0.4 is 20.9 Å². The van der Waals surface area contributed by atoms with Gasteiger partial charge in [0, 0.05) is 12.6 Å². The molecule has 1 aliphatic heterocycles. The summed E-state index contributed by atoms with van der Waals surface area (Å²) in [7, 11) is 0. The fourth-order valence-electron chi connectivity index (χ4n) is 3.25. The van der Waals surface area contributed by atoms with Crippen LogP contribution in [0.25, 0.3) is 0 Å². The first-order valence-corrected chi connectivity index (χ1v) is 10.0. The fraction of sp³-hybridized carbons (Fsp3) is 0.409. The van der Waals surface area contributed by atoms with Crippen LogP contribution in [0.2, 0.25) is 0 Å². The molecule has 0 aliphatic carbocycles. The molecule has 1 amide bonds. The third kappa shape index (κ3) is 5.96. The van der Waals surface area contributed by atoms with Crippen LogP contribution in [0.4, 0.5) is 13.2 Å². The number of benzene rings is 2. The molecule has 1 fully saturated rings. The van der Waals surface area contributed by atoms with E-state index in [2.05, 4.69) is 23.1 Å². The number of hydrogen-bond acceptors (Lipinski definition) is 4. The molecule has 1 saturated heterocycles. The maximum absolute atomic E-state index is 12.8. The summed E-state index contributed by atoms with van der Waals surface area (Å²) in [6.07, 6.45) is -1.79. The van der Waals surface area contributed by atoms with E-state index in [1.54, 1.807) is 6.07 Å². The van der Waals surface area contributed by atoms with Crippen LogP contribution in [0, 0.1) is 0 Å². The van der Waals surface area contributed by atoms with E-state index in [-0.39, 0.29) is 18.5 Å². The van der Waals surface area contributed by atoms with E-state index in [0.717, 1.165) is 36.3 Å². The topological polar surface area (TPSA) is 62.4 Å². The predicted molar refractivity (Wildman–Crippen MR) is 108 cm³/mol. The number of hydrazine groups is 1. The van der Waals surface area contributed by atoms with Crippen molar-refractivity contribution in [1.82, 2.24) is 16.2 Å². The number of amides is 1. The zero-order chi connectivity index (χ0) is 21.6. The normalized spacial score (nSPS) is 18.9. The minimum Gasteiger partial charge on any atom is -0.494 e. The van der Waals surface area contributed by atoms with E-state index >= 15 is 0 Å². The number of alkyl halides is 3. The highest BCUT2D eigenvalue weighted by atomic mass is 19.4. The molecule has 1 heterocycles. The molecule has 3 rings (SSSR count). The summed E-state index contributed by atoms with van der Waals surface area (Å²) in [6, 6.07) is 12.2. The Balaban J connectivity index is 1.50. The van der Waals surface area contributed by atoms with Crippen molar-refractivity contribution in [3.63, 3.8) is 0 Å². The first kappa shape index (κ1) is 22.1. The van der Waals surface area contributed by atoms with Crippen LogP contribution >= 0.6 is 0 Å². The second-order valence-corrected chi connectivity index (χ2v) is 7.32. The van der Waals surface area contributed by atoms with Crippen molar-refractivity contribution >= 4 is 5.91 Å². The Labute approximate surface area is 174 Å². The predicted octanol–water partition coefficient (Wildman–Crippen LogP) is 4.11. The number of nitrogens with one attached hydrogen (secondary N) is 3. The van der Waals surface area contributed by atoms with E-state index in [1.807, 2.05) is 24.3 Å². The smallest absolute Gasteiger partial charge is 0.416 e. The Bertz CT molecular complexity index is 840. The van der Waals surface area contributed by atoms with Crippen LogP contribution in [-0.2, 0) is 17.5 Å². The van der Waals surface area contributed by atoms with Crippen LogP contribution in [-0.4, -0.2) is 18.6 Å². The summed E-state index contributed by atoms with van der Waals surface area (Å²) in [5.41, 5.74) is 6.77. The maximum atomic E-state index is 12.8. The van der Waals surface area contributed by atoms with Gasteiger partial charge in [-0.05, 0) is 48.2 Å². The summed E-state index contributed by atoms with van der Waals surface area (Å²) in [6.45, 7) is 2.83. The van der Waals surface area contributed by atoms with Crippen molar-refractivity contribution in [2.75, 3.05) is 6.61 Å². The molecule has 0 spiro atoms. The minimum absolute atomic E-state index is 0.0371. The van der Waals surface area contributed by atoms with Crippen molar-refractivity contribution < 1.29 is 22.7 Å². The number of ether oxygens (including phenoxy) is 1. The monoisotopic (exact) mass is 421 g/mol. The van der Waals surface area contributed by atoms with Gasteiger partial charge in [0.05, 0.1) is 12.2 Å². The zero-order valence-electron chi connectivity index (χ0n) is 16.8. The molecular weight excluding hydrogens is 395 g/mol. The van der Waals surface area contributed by atoms with Gasteiger partial charge in [0.1, 0.15) is 11.8 Å². The SMILES string of the molecule is CCCCOc1ccc(C2CC(C(=O)NCc3cccc(C(F)(F)F)c3)NN2)cc1. The number of carbonyl (C=O) groups is 1. The van der Waals surface area contributed by atoms with Crippen LogP contribution in [0.15, 0.2) is 48.5 Å². The molecule has 162 valence electrons. The van der Waals surface area contributed by atoms with Gasteiger partial charge in [0.15, 0.2) is 0 Å². The summed E-state index contributed by atoms with van der Waals surface area (Å²) >= 11 is 0. The quantitative estimate of drug-likeness (QED) is 0.562. The van der Waals surface area contributed by atoms with Gasteiger partial charge in [-0.25, -0.2) is 10.9 Å². The highest BCUT2D eigenvalue weighted by Gasteiger charge is 2.31. The molecule has 2 aromatic carbocycles. The average molecular weight is 421 g/mol. The zero-order valence-corrected chi connectivity index (χ0v) is 16.8. The Morgan fingerprint density at radius 2 is 1.93 bits per heavy atom. The van der Waals surface area contributed by atoms with Gasteiger partial charge in [0.2, 0.25) is 5.91 Å². The summed E-state index contributed by atoms with van der Waals surface area (Å²) < 4.78 is 44.1. The minimum atomic E-state index is -4.40. The van der Waals surface area contributed by atoms with Crippen LogP contribution in [0.5, 0.6) is 5.75 Å². The molecule has 3 N–H and O–H groups in total. The van der Waals surface area contributed by atoms with Gasteiger partial charge in [-0.2, -0.15) is 13.2 Å². The third-order valence-electron chi connectivity index (χ3n) is 4.99. The molecule has 0 saturated carbocycles. The lowest BCUT2D eigenvalue weighted by molar-refractivity contribution is -0.137. The fourth-order valence-corrected chi connectivity index (χ4v) is 3.25. The molecule has 0 aromatic heterocycles. The van der Waals surface area contributed by atoms with Gasteiger partial charge in [0.25, 0.3) is 0 Å². The number of rotatable bonds is 8. The van der Waals surface area contributed by atoms with Crippen molar-refractivity contribution in [2.24, 2.45) is 0 Å². The molecule has 1 aliphatic rings. The first-order chi connectivity index (χ1) is 14.4. The lowest BCUT2D eigenvalue weighted by Gasteiger charge is -2.12. The Morgan fingerprint density at radius 3 is 2.63 bits per heavy atom. The van der Waals surface area contributed by atoms with Crippen molar-refractivity contribution in [3.8, 4) is 5.75 Å². The van der Waals surface area contributed by atoms with E-state index in [4.69, 9.17) is 4.74 Å². The molecular formula is C22H26F3N3O2. The molecule has 30 heavy (non-hydrogen) atoms. The summed E-state index contributed by atoms with van der Waals surface area (Å²) in [5, 5.41) is 2.70. The second-order valence-electron chi connectivity index (χ2n) is 7.32. The van der Waals surface area contributed by atoms with Crippen molar-refractivity contribution in [2.45, 2.75) is 51.0 Å². The summed E-state index contributed by atoms with van der Waals surface area (Å²) in [4.78, 5) is 12.4. The van der Waals surface area contributed by atoms with E-state index in [0.29, 0.717) is 18.6 Å². The highest BCUT2D eigenvalue weighted by molar-refractivity contribution is 5.82. The molecule has 5 nitrogen and oxygen atoms in total. The first-order valence-electron chi connectivity index (χ1n) is 10.0. The average Bonchev–Trinajstić information content (AvgIpc) is 3.23. The van der Waals surface area contributed by atoms with Crippen LogP contribution in [0.1, 0.15) is 48.9 Å². The van der Waals surface area contributed by atoms with E-state index in [9.17, 15) is 18.0 Å². The number of halogens is 3. The maximum Gasteiger partial charge on any atom is 0.416 e. The number of carbonyl (C=O) groups excluding carboxylic acids is 1. The Morgan fingerprint density at radius 1 is 1.17 bits per heavy atom. The van der Waals surface area contributed by atoms with E-state index < -0.39 is 17.8 Å². The largest absolute Gasteiger partial charge is 0.494 e. The highest BCUT2D eigenvalue weighted by Crippen LogP contribution is 2.29. The van der Waals surface area contributed by atoms with Gasteiger partial charge in [-0.15, -0.1) is 0 Å². The molecule has 0 radical (unpaired) electrons. The third-order valence-corrected chi connectivity index (χ3v) is 4.99. The molecule has 2 atom stereocenters. The lowest BCUT2D eigenvalue weighted by atomic mass is 10.0. The molecule has 0 bridgehead atoms. The summed E-state index contributed by atoms with van der Waals surface area (Å²) in [5.74, 6) is 0.551. The Hall–Kier alpha value is -2.58. The van der Waals surface area contributed by atoms with Crippen molar-refractivity contribution in [3.05, 3.63) is 65.2 Å². The van der Waals surface area contributed by atoms with Crippen LogP contribution in [0.3, 0.4) is 0 Å². The van der Waals surface area contributed by atoms with Gasteiger partial charge >= 0.3 is 6.18 Å². The van der Waals surface area contributed by atoms with Gasteiger partial charge in [-0.1, -0.05) is 37.6 Å². The van der Waals surface area contributed by atoms with Crippen molar-refractivity contribution in [1.29, 1.82) is 0 Å². The number of unbranched alkanes of at least 4 members (excludes halogenated alkanes) is 1. The molecule has 2 unspecified atom stereocenters. The van der Waals surface area contributed by atoms with Gasteiger partial charge < -0.3 is 10.1 Å². The number of hydrogen-bond donors (Lipinski definition) is 3. The molecule has 8 heteroatoms. The second kappa shape index (κ2) is 9.95. The molecule has 2 aromatic rings. The standard InChI is InChI=1S/C22H26F3N3O2/c1-2-3-11-30-18-9-7-16(8-10-18)19-13-20(28-27-19)21(29)26-14-15-5-4-6-17(12-15)22(23,24)25/h4-10,12,19-20,27-28H,2-3,11,13-14H2,1H3,(H,26,29).